The van der Waals surface area contributed by atoms with E-state index in [1.54, 1.807) is 6.07 Å². The first-order chi connectivity index (χ1) is 12.1. The summed E-state index contributed by atoms with van der Waals surface area (Å²) in [6.45, 7) is 0.859. The topological polar surface area (TPSA) is 75.7 Å². The molecule has 6 nitrogen and oxygen atoms in total. The van der Waals surface area contributed by atoms with Gasteiger partial charge in [-0.1, -0.05) is 30.3 Å². The normalized spacial score (nSPS) is 13.1. The van der Waals surface area contributed by atoms with Gasteiger partial charge in [-0.2, -0.15) is 0 Å². The van der Waals surface area contributed by atoms with Gasteiger partial charge in [-0.05, 0) is 23.8 Å². The largest absolute Gasteiger partial charge is 0.383 e. The van der Waals surface area contributed by atoms with Crippen molar-refractivity contribution < 1.29 is 19.1 Å². The molecule has 0 saturated heterocycles. The SMILES string of the molecule is COCCN1C(=O)c2ccc(C(=O)NCc3ccccc3)cc2C1=O. The van der Waals surface area contributed by atoms with E-state index < -0.39 is 5.91 Å². The molecule has 3 amide bonds. The van der Waals surface area contributed by atoms with Crippen LogP contribution in [0.3, 0.4) is 0 Å². The van der Waals surface area contributed by atoms with E-state index in [4.69, 9.17) is 4.74 Å². The summed E-state index contributed by atoms with van der Waals surface area (Å²) in [4.78, 5) is 38.1. The highest BCUT2D eigenvalue weighted by molar-refractivity contribution is 6.22. The summed E-state index contributed by atoms with van der Waals surface area (Å²) in [6, 6.07) is 14.1. The summed E-state index contributed by atoms with van der Waals surface area (Å²) < 4.78 is 4.92. The highest BCUT2D eigenvalue weighted by Gasteiger charge is 2.35. The molecule has 2 aromatic carbocycles. The highest BCUT2D eigenvalue weighted by atomic mass is 16.5. The minimum absolute atomic E-state index is 0.193. The van der Waals surface area contributed by atoms with Gasteiger partial charge in [0.2, 0.25) is 0 Å². The molecule has 2 aromatic rings. The standard InChI is InChI=1S/C19H18N2O4/c1-25-10-9-21-18(23)15-8-7-14(11-16(15)19(21)24)17(22)20-12-13-5-3-2-4-6-13/h2-8,11H,9-10,12H2,1H3,(H,20,22). The fourth-order valence-electron chi connectivity index (χ4n) is 2.70. The van der Waals surface area contributed by atoms with E-state index >= 15 is 0 Å². The van der Waals surface area contributed by atoms with E-state index in [9.17, 15) is 14.4 Å². The first-order valence-electron chi connectivity index (χ1n) is 7.93. The summed E-state index contributed by atoms with van der Waals surface area (Å²) in [5.41, 5.74) is 1.91. The summed E-state index contributed by atoms with van der Waals surface area (Å²) in [5.74, 6) is -1.04. The van der Waals surface area contributed by atoms with Gasteiger partial charge in [0.25, 0.3) is 17.7 Å². The van der Waals surface area contributed by atoms with Crippen molar-refractivity contribution in [1.82, 2.24) is 10.2 Å². The van der Waals surface area contributed by atoms with Crippen LogP contribution in [0.2, 0.25) is 0 Å². The van der Waals surface area contributed by atoms with Crippen molar-refractivity contribution in [2.24, 2.45) is 0 Å². The Bertz CT molecular complexity index is 817. The molecule has 1 aliphatic rings. The van der Waals surface area contributed by atoms with Crippen molar-refractivity contribution in [2.75, 3.05) is 20.3 Å². The lowest BCUT2D eigenvalue weighted by Crippen LogP contribution is -2.32. The highest BCUT2D eigenvalue weighted by Crippen LogP contribution is 2.23. The fourth-order valence-corrected chi connectivity index (χ4v) is 2.70. The maximum atomic E-state index is 12.4. The number of nitrogens with one attached hydrogen (secondary N) is 1. The number of carbonyl (C=O) groups is 3. The lowest BCUT2D eigenvalue weighted by Gasteiger charge is -2.12. The number of methoxy groups -OCH3 is 1. The van der Waals surface area contributed by atoms with Gasteiger partial charge in [-0.25, -0.2) is 0 Å². The second kappa shape index (κ2) is 7.27. The minimum Gasteiger partial charge on any atom is -0.383 e. The van der Waals surface area contributed by atoms with Gasteiger partial charge < -0.3 is 10.1 Å². The molecule has 0 spiro atoms. The number of benzene rings is 2. The lowest BCUT2D eigenvalue weighted by atomic mass is 10.1. The van der Waals surface area contributed by atoms with Crippen molar-refractivity contribution in [3.63, 3.8) is 0 Å². The zero-order valence-corrected chi connectivity index (χ0v) is 13.8. The molecule has 1 aliphatic heterocycles. The number of nitrogens with zero attached hydrogens (tertiary/aromatic N) is 1. The number of fused-ring (bicyclic) bond motifs is 1. The molecule has 1 N–H and O–H groups in total. The molecule has 0 aromatic heterocycles. The summed E-state index contributed by atoms with van der Waals surface area (Å²) in [7, 11) is 1.51. The Morgan fingerprint density at radius 2 is 1.76 bits per heavy atom. The Morgan fingerprint density at radius 3 is 2.48 bits per heavy atom. The van der Waals surface area contributed by atoms with Crippen LogP contribution in [0.25, 0.3) is 0 Å². The van der Waals surface area contributed by atoms with Gasteiger partial charge in [0.1, 0.15) is 0 Å². The predicted molar refractivity (Wildman–Crippen MR) is 91.3 cm³/mol. The maximum absolute atomic E-state index is 12.4. The van der Waals surface area contributed by atoms with Gasteiger partial charge in [0.15, 0.2) is 0 Å². The molecular weight excluding hydrogens is 320 g/mol. The molecule has 0 bridgehead atoms. The van der Waals surface area contributed by atoms with E-state index in [1.165, 1.54) is 19.2 Å². The third-order valence-corrected chi connectivity index (χ3v) is 4.05. The molecule has 128 valence electrons. The molecule has 25 heavy (non-hydrogen) atoms. The predicted octanol–water partition coefficient (Wildman–Crippen LogP) is 1.86. The average molecular weight is 338 g/mol. The number of carbonyl (C=O) groups excluding carboxylic acids is 3. The summed E-state index contributed by atoms with van der Waals surface area (Å²) in [6.07, 6.45) is 0. The Labute approximate surface area is 145 Å². The minimum atomic E-state index is -0.394. The van der Waals surface area contributed by atoms with Gasteiger partial charge in [-0.3, -0.25) is 19.3 Å². The Kier molecular flexibility index (Phi) is 4.90. The third-order valence-electron chi connectivity index (χ3n) is 4.05. The van der Waals surface area contributed by atoms with Gasteiger partial charge >= 0.3 is 0 Å². The molecule has 0 radical (unpaired) electrons. The number of hydrogen-bond donors (Lipinski definition) is 1. The van der Waals surface area contributed by atoms with Crippen LogP contribution in [0, 0.1) is 0 Å². The van der Waals surface area contributed by atoms with Crippen LogP contribution >= 0.6 is 0 Å². The van der Waals surface area contributed by atoms with Crippen LogP contribution in [-0.4, -0.2) is 42.9 Å². The molecule has 0 fully saturated rings. The molecule has 0 aliphatic carbocycles. The van der Waals surface area contributed by atoms with Gasteiger partial charge in [0.05, 0.1) is 24.3 Å². The van der Waals surface area contributed by atoms with Crippen LogP contribution in [0.1, 0.15) is 36.6 Å². The second-order valence-electron chi connectivity index (χ2n) is 5.68. The number of rotatable bonds is 6. The Hall–Kier alpha value is -2.99. The molecule has 1 heterocycles. The zero-order valence-electron chi connectivity index (χ0n) is 13.8. The number of hydrogen-bond acceptors (Lipinski definition) is 4. The first kappa shape index (κ1) is 16.9. The summed E-state index contributed by atoms with van der Waals surface area (Å²) >= 11 is 0. The summed E-state index contributed by atoms with van der Waals surface area (Å²) in [5, 5.41) is 2.81. The van der Waals surface area contributed by atoms with Crippen molar-refractivity contribution >= 4 is 17.7 Å². The van der Waals surface area contributed by atoms with Gasteiger partial charge in [-0.15, -0.1) is 0 Å². The van der Waals surface area contributed by atoms with Crippen molar-refractivity contribution in [3.05, 3.63) is 70.8 Å². The molecule has 0 unspecified atom stereocenters. The molecule has 0 saturated carbocycles. The van der Waals surface area contributed by atoms with Crippen molar-refractivity contribution in [3.8, 4) is 0 Å². The molecule has 6 heteroatoms. The maximum Gasteiger partial charge on any atom is 0.261 e. The first-order valence-corrected chi connectivity index (χ1v) is 7.93. The fraction of sp³-hybridized carbons (Fsp3) is 0.211. The molecule has 0 atom stereocenters. The van der Waals surface area contributed by atoms with E-state index in [0.29, 0.717) is 17.7 Å². The van der Waals surface area contributed by atoms with Crippen LogP contribution in [0.5, 0.6) is 0 Å². The number of amides is 3. The third kappa shape index (κ3) is 3.44. The van der Waals surface area contributed by atoms with Crippen LogP contribution in [0.15, 0.2) is 48.5 Å². The lowest BCUT2D eigenvalue weighted by molar-refractivity contribution is 0.0603. The smallest absolute Gasteiger partial charge is 0.261 e. The number of ether oxygens (including phenoxy) is 1. The monoisotopic (exact) mass is 338 g/mol. The number of imide groups is 1. The van der Waals surface area contributed by atoms with Crippen molar-refractivity contribution in [1.29, 1.82) is 0 Å². The van der Waals surface area contributed by atoms with Crippen LogP contribution in [-0.2, 0) is 11.3 Å². The zero-order chi connectivity index (χ0) is 17.8. The van der Waals surface area contributed by atoms with Crippen LogP contribution < -0.4 is 5.32 Å². The van der Waals surface area contributed by atoms with Crippen LogP contribution in [0.4, 0.5) is 0 Å². The average Bonchev–Trinajstić information content (AvgIpc) is 2.89. The molecular formula is C19H18N2O4. The van der Waals surface area contributed by atoms with Gasteiger partial charge in [0, 0.05) is 19.2 Å². The van der Waals surface area contributed by atoms with E-state index in [0.717, 1.165) is 10.5 Å². The second-order valence-corrected chi connectivity index (χ2v) is 5.68. The van der Waals surface area contributed by atoms with E-state index in [1.807, 2.05) is 30.3 Å². The molecule has 3 rings (SSSR count). The Balaban J connectivity index is 1.74. The quantitative estimate of drug-likeness (QED) is 0.816. The van der Waals surface area contributed by atoms with Crippen molar-refractivity contribution in [2.45, 2.75) is 6.54 Å². The van der Waals surface area contributed by atoms with E-state index in [-0.39, 0.29) is 30.5 Å². The van der Waals surface area contributed by atoms with E-state index in [2.05, 4.69) is 5.32 Å². The Morgan fingerprint density at radius 1 is 1.04 bits per heavy atom.